The first kappa shape index (κ1) is 17.5. The minimum Gasteiger partial charge on any atom is -0.342 e. The fraction of sp³-hybridized carbons (Fsp3) is 0.471. The third kappa shape index (κ3) is 3.51. The van der Waals surface area contributed by atoms with E-state index in [4.69, 9.17) is 0 Å². The average molecular weight is 375 g/mol. The molecule has 8 nitrogen and oxygen atoms in total. The average Bonchev–Trinajstić information content (AvgIpc) is 3.25. The van der Waals surface area contributed by atoms with Gasteiger partial charge in [-0.2, -0.15) is 10.2 Å². The molecule has 0 radical (unpaired) electrons. The number of hydrogen-bond donors (Lipinski definition) is 1. The number of halogens is 2. The van der Waals surface area contributed by atoms with E-state index >= 15 is 0 Å². The molecule has 0 saturated heterocycles. The van der Waals surface area contributed by atoms with Gasteiger partial charge in [-0.3, -0.25) is 9.48 Å². The van der Waals surface area contributed by atoms with Crippen LogP contribution in [0.1, 0.15) is 47.9 Å². The van der Waals surface area contributed by atoms with E-state index in [0.717, 1.165) is 0 Å². The second kappa shape index (κ2) is 6.67. The number of amides is 1. The first-order chi connectivity index (χ1) is 12.9. The fourth-order valence-corrected chi connectivity index (χ4v) is 3.54. The summed E-state index contributed by atoms with van der Waals surface area (Å²) in [7, 11) is 1.67. The van der Waals surface area contributed by atoms with Gasteiger partial charge in [-0.1, -0.05) is 0 Å². The van der Waals surface area contributed by atoms with E-state index in [1.807, 2.05) is 0 Å². The predicted octanol–water partition coefficient (Wildman–Crippen LogP) is 2.15. The topological polar surface area (TPSA) is 90.0 Å². The Kier molecular flexibility index (Phi) is 4.33. The Labute approximate surface area is 153 Å². The van der Waals surface area contributed by atoms with Gasteiger partial charge in [0.25, 0.3) is 11.7 Å². The molecule has 0 unspecified atom stereocenters. The minimum atomic E-state index is -2.64. The van der Waals surface area contributed by atoms with Gasteiger partial charge in [0, 0.05) is 26.1 Å². The molecule has 1 aliphatic carbocycles. The van der Waals surface area contributed by atoms with Gasteiger partial charge < -0.3 is 5.32 Å². The highest BCUT2D eigenvalue weighted by Crippen LogP contribution is 2.41. The van der Waals surface area contributed by atoms with Gasteiger partial charge in [-0.25, -0.2) is 23.3 Å². The van der Waals surface area contributed by atoms with Crippen LogP contribution < -0.4 is 5.32 Å². The Bertz CT molecular complexity index is 924. The highest BCUT2D eigenvalue weighted by Gasteiger charge is 2.39. The molecule has 1 aliphatic rings. The maximum Gasteiger partial charge on any atom is 0.270 e. The zero-order valence-electron chi connectivity index (χ0n) is 14.7. The van der Waals surface area contributed by atoms with Crippen molar-refractivity contribution in [3.05, 3.63) is 42.2 Å². The standard InChI is InChI=1S/C17H19F2N7O/c1-25-13(4-7-21-25)15(27)24-14(11-2-5-17(18,19)6-3-11)12-10-26-16(23-12)20-8-9-22-26/h4,7-11,14H,2-3,5-6H2,1H3,(H,24,27)/t14-/m0/s1. The highest BCUT2D eigenvalue weighted by atomic mass is 19.3. The number of imidazole rings is 1. The Morgan fingerprint density at radius 1 is 1.26 bits per heavy atom. The molecule has 3 aromatic rings. The van der Waals surface area contributed by atoms with Gasteiger partial charge in [0.1, 0.15) is 5.69 Å². The monoisotopic (exact) mass is 375 g/mol. The Morgan fingerprint density at radius 3 is 2.70 bits per heavy atom. The molecular weight excluding hydrogens is 356 g/mol. The van der Waals surface area contributed by atoms with E-state index in [1.165, 1.54) is 27.8 Å². The van der Waals surface area contributed by atoms with Gasteiger partial charge in [-0.15, -0.1) is 0 Å². The van der Waals surface area contributed by atoms with Crippen LogP contribution in [0.4, 0.5) is 8.78 Å². The first-order valence-electron chi connectivity index (χ1n) is 8.76. The number of aromatic nitrogens is 6. The van der Waals surface area contributed by atoms with Crippen LogP contribution in [0, 0.1) is 5.92 Å². The maximum atomic E-state index is 13.6. The van der Waals surface area contributed by atoms with Crippen molar-refractivity contribution >= 4 is 11.7 Å². The molecule has 4 rings (SSSR count). The molecule has 10 heteroatoms. The van der Waals surface area contributed by atoms with Gasteiger partial charge in [0.05, 0.1) is 30.3 Å². The van der Waals surface area contributed by atoms with Gasteiger partial charge in [-0.05, 0) is 24.8 Å². The number of alkyl halides is 2. The van der Waals surface area contributed by atoms with Crippen molar-refractivity contribution in [1.29, 1.82) is 0 Å². The summed E-state index contributed by atoms with van der Waals surface area (Å²) in [6, 6.07) is 1.10. The Hall–Kier alpha value is -2.91. The third-order valence-electron chi connectivity index (χ3n) is 5.03. The van der Waals surface area contributed by atoms with Crippen LogP contribution >= 0.6 is 0 Å². The molecule has 1 fully saturated rings. The highest BCUT2D eigenvalue weighted by molar-refractivity contribution is 5.92. The molecule has 0 bridgehead atoms. The number of aryl methyl sites for hydroxylation is 1. The number of fused-ring (bicyclic) bond motifs is 1. The zero-order valence-corrected chi connectivity index (χ0v) is 14.7. The largest absolute Gasteiger partial charge is 0.342 e. The molecular formula is C17H19F2N7O. The summed E-state index contributed by atoms with van der Waals surface area (Å²) in [5.74, 6) is -2.72. The van der Waals surface area contributed by atoms with E-state index in [-0.39, 0.29) is 24.7 Å². The first-order valence-corrected chi connectivity index (χ1v) is 8.76. The molecule has 0 aromatic carbocycles. The maximum absolute atomic E-state index is 13.6. The molecule has 1 saturated carbocycles. The van der Waals surface area contributed by atoms with Gasteiger partial charge in [0.2, 0.25) is 5.92 Å². The van der Waals surface area contributed by atoms with Crippen LogP contribution in [0.15, 0.2) is 30.9 Å². The van der Waals surface area contributed by atoms with E-state index in [1.54, 1.807) is 19.3 Å². The van der Waals surface area contributed by atoms with E-state index in [9.17, 15) is 13.6 Å². The summed E-state index contributed by atoms with van der Waals surface area (Å²) in [5.41, 5.74) is 0.952. The lowest BCUT2D eigenvalue weighted by Gasteiger charge is -2.33. The Morgan fingerprint density at radius 2 is 2.04 bits per heavy atom. The summed E-state index contributed by atoms with van der Waals surface area (Å²) in [6.45, 7) is 0. The summed E-state index contributed by atoms with van der Waals surface area (Å²) in [6.07, 6.45) is 6.49. The molecule has 0 spiro atoms. The van der Waals surface area contributed by atoms with Crippen LogP contribution in [0.5, 0.6) is 0 Å². The van der Waals surface area contributed by atoms with E-state index in [2.05, 4.69) is 25.5 Å². The van der Waals surface area contributed by atoms with Crippen LogP contribution in [0.3, 0.4) is 0 Å². The molecule has 0 aliphatic heterocycles. The number of nitrogens with one attached hydrogen (secondary N) is 1. The number of rotatable bonds is 4. The lowest BCUT2D eigenvalue weighted by molar-refractivity contribution is -0.0495. The van der Waals surface area contributed by atoms with Crippen molar-refractivity contribution in [2.75, 3.05) is 0 Å². The normalized spacial score (nSPS) is 18.5. The van der Waals surface area contributed by atoms with Gasteiger partial charge >= 0.3 is 0 Å². The van der Waals surface area contributed by atoms with Crippen molar-refractivity contribution in [2.24, 2.45) is 13.0 Å². The molecule has 3 aromatic heterocycles. The van der Waals surface area contributed by atoms with Crippen LogP contribution in [0.25, 0.3) is 5.78 Å². The van der Waals surface area contributed by atoms with Crippen LogP contribution in [-0.2, 0) is 7.05 Å². The lowest BCUT2D eigenvalue weighted by atomic mass is 9.81. The third-order valence-corrected chi connectivity index (χ3v) is 5.03. The fourth-order valence-electron chi connectivity index (χ4n) is 3.54. The van der Waals surface area contributed by atoms with Crippen LogP contribution in [-0.4, -0.2) is 41.2 Å². The number of nitrogens with zero attached hydrogens (tertiary/aromatic N) is 6. The molecule has 1 N–H and O–H groups in total. The molecule has 1 amide bonds. The van der Waals surface area contributed by atoms with Crippen molar-refractivity contribution < 1.29 is 13.6 Å². The Balaban J connectivity index is 1.64. The lowest BCUT2D eigenvalue weighted by Crippen LogP contribution is -2.38. The summed E-state index contributed by atoms with van der Waals surface area (Å²) in [4.78, 5) is 21.3. The summed E-state index contributed by atoms with van der Waals surface area (Å²) in [5, 5.41) is 11.1. The zero-order chi connectivity index (χ0) is 19.0. The number of carbonyl (C=O) groups is 1. The number of hydrogen-bond acceptors (Lipinski definition) is 5. The van der Waals surface area contributed by atoms with Crippen LogP contribution in [0.2, 0.25) is 0 Å². The molecule has 27 heavy (non-hydrogen) atoms. The predicted molar refractivity (Wildman–Crippen MR) is 91.1 cm³/mol. The second-order valence-electron chi connectivity index (χ2n) is 6.84. The van der Waals surface area contributed by atoms with Gasteiger partial charge in [0.15, 0.2) is 0 Å². The van der Waals surface area contributed by atoms with Crippen molar-refractivity contribution in [3.8, 4) is 0 Å². The van der Waals surface area contributed by atoms with Crippen molar-refractivity contribution in [3.63, 3.8) is 0 Å². The smallest absolute Gasteiger partial charge is 0.270 e. The molecule has 142 valence electrons. The minimum absolute atomic E-state index is 0.147. The molecule has 3 heterocycles. The van der Waals surface area contributed by atoms with E-state index < -0.39 is 12.0 Å². The quantitative estimate of drug-likeness (QED) is 0.755. The second-order valence-corrected chi connectivity index (χ2v) is 6.84. The number of carbonyl (C=O) groups excluding carboxylic acids is 1. The molecule has 1 atom stereocenters. The SMILES string of the molecule is Cn1nccc1C(=O)N[C@H](c1cn2nccnc2n1)C1CCC(F)(F)CC1. The summed E-state index contributed by atoms with van der Waals surface area (Å²) >= 11 is 0. The van der Waals surface area contributed by atoms with Crippen molar-refractivity contribution in [2.45, 2.75) is 37.6 Å². The summed E-state index contributed by atoms with van der Waals surface area (Å²) < 4.78 is 30.2. The van der Waals surface area contributed by atoms with Crippen molar-refractivity contribution in [1.82, 2.24) is 34.7 Å². The van der Waals surface area contributed by atoms with E-state index in [0.29, 0.717) is 30.0 Å².